The van der Waals surface area contributed by atoms with E-state index in [1.54, 1.807) is 9.80 Å². The number of hydrogen-bond donors (Lipinski definition) is 1. The zero-order valence-corrected chi connectivity index (χ0v) is 17.4. The molecule has 1 N–H and O–H groups in total. The van der Waals surface area contributed by atoms with Gasteiger partial charge in [0.15, 0.2) is 0 Å². The van der Waals surface area contributed by atoms with Crippen molar-refractivity contribution in [2.24, 2.45) is 0 Å². The Hall–Kier alpha value is -2.20. The number of amides is 3. The summed E-state index contributed by atoms with van der Waals surface area (Å²) < 4.78 is 50.3. The van der Waals surface area contributed by atoms with E-state index in [1.165, 1.54) is 12.1 Å². The van der Waals surface area contributed by atoms with E-state index in [1.807, 2.05) is 0 Å². The molecule has 3 aliphatic heterocycles. The molecule has 0 aromatic heterocycles. The summed E-state index contributed by atoms with van der Waals surface area (Å²) in [6.07, 6.45) is -3.33. The average Bonchev–Trinajstić information content (AvgIpc) is 2.74. The summed E-state index contributed by atoms with van der Waals surface area (Å²) in [4.78, 5) is 27.9. The Balaban J connectivity index is 1.31. The fourth-order valence-corrected chi connectivity index (χ4v) is 4.52. The van der Waals surface area contributed by atoms with E-state index < -0.39 is 16.8 Å². The molecule has 7 nitrogen and oxygen atoms in total. The van der Waals surface area contributed by atoms with Gasteiger partial charge in [-0.3, -0.25) is 4.79 Å². The van der Waals surface area contributed by atoms with Crippen LogP contribution in [0.1, 0.15) is 24.8 Å². The van der Waals surface area contributed by atoms with Crippen LogP contribution in [-0.2, 0) is 15.7 Å². The van der Waals surface area contributed by atoms with Crippen LogP contribution in [0.25, 0.3) is 0 Å². The highest BCUT2D eigenvalue weighted by atomic mass is 35.5. The van der Waals surface area contributed by atoms with Crippen molar-refractivity contribution in [1.29, 1.82) is 0 Å². The first-order chi connectivity index (χ1) is 14.7. The van der Waals surface area contributed by atoms with Crippen LogP contribution in [0.2, 0.25) is 5.02 Å². The van der Waals surface area contributed by atoms with Crippen molar-refractivity contribution in [2.45, 2.75) is 43.7 Å². The summed E-state index contributed by atoms with van der Waals surface area (Å²) in [6.45, 7) is 1.84. The lowest BCUT2D eigenvalue weighted by atomic mass is 10.0. The van der Waals surface area contributed by atoms with Crippen LogP contribution < -0.4 is 10.1 Å². The minimum Gasteiger partial charge on any atom is -0.489 e. The minimum atomic E-state index is -4.55. The zero-order chi connectivity index (χ0) is 22.2. The number of fused-ring (bicyclic) bond motifs is 1. The van der Waals surface area contributed by atoms with Gasteiger partial charge in [-0.2, -0.15) is 13.2 Å². The summed E-state index contributed by atoms with van der Waals surface area (Å²) in [5.41, 5.74) is -0.929. The highest BCUT2D eigenvalue weighted by molar-refractivity contribution is 6.32. The predicted molar refractivity (Wildman–Crippen MR) is 105 cm³/mol. The Morgan fingerprint density at radius 1 is 1.16 bits per heavy atom. The molecule has 2 atom stereocenters. The van der Waals surface area contributed by atoms with Crippen molar-refractivity contribution >= 4 is 23.5 Å². The van der Waals surface area contributed by atoms with Crippen LogP contribution >= 0.6 is 11.6 Å². The van der Waals surface area contributed by atoms with Crippen molar-refractivity contribution in [3.05, 3.63) is 28.8 Å². The Morgan fingerprint density at radius 2 is 1.87 bits per heavy atom. The van der Waals surface area contributed by atoms with Crippen LogP contribution in [0, 0.1) is 0 Å². The topological polar surface area (TPSA) is 71.1 Å². The second kappa shape index (κ2) is 8.74. The number of piperidine rings is 2. The average molecular weight is 462 g/mol. The molecule has 3 aliphatic rings. The number of urea groups is 1. The molecule has 0 saturated carbocycles. The van der Waals surface area contributed by atoms with Gasteiger partial charge in [0, 0.05) is 39.0 Å². The lowest BCUT2D eigenvalue weighted by Crippen LogP contribution is -2.62. The van der Waals surface area contributed by atoms with Gasteiger partial charge in [0.2, 0.25) is 5.91 Å². The van der Waals surface area contributed by atoms with Crippen LogP contribution in [0.4, 0.5) is 18.0 Å². The lowest BCUT2D eigenvalue weighted by molar-refractivity contribution is -0.139. The Bertz CT molecular complexity index is 845. The molecule has 3 fully saturated rings. The van der Waals surface area contributed by atoms with Gasteiger partial charge < -0.3 is 24.6 Å². The SMILES string of the molecule is O=C1CO[C@H]2CCN(C(=O)N3CCC(Oc4cccc(C(F)(F)F)c4Cl)CC3)C[C@H]2N1. The molecule has 1 aromatic rings. The summed E-state index contributed by atoms with van der Waals surface area (Å²) in [5.74, 6) is -0.182. The Morgan fingerprint density at radius 3 is 2.58 bits per heavy atom. The number of hydrogen-bond acceptors (Lipinski definition) is 4. The molecule has 170 valence electrons. The van der Waals surface area contributed by atoms with Crippen molar-refractivity contribution < 1.29 is 32.2 Å². The van der Waals surface area contributed by atoms with E-state index >= 15 is 0 Å². The van der Waals surface area contributed by atoms with Crippen molar-refractivity contribution in [3.8, 4) is 5.75 Å². The third-order valence-electron chi connectivity index (χ3n) is 5.87. The van der Waals surface area contributed by atoms with Gasteiger partial charge >= 0.3 is 12.2 Å². The fourth-order valence-electron chi connectivity index (χ4n) is 4.24. The maximum Gasteiger partial charge on any atom is 0.417 e. The number of likely N-dealkylation sites (tertiary alicyclic amines) is 2. The third-order valence-corrected chi connectivity index (χ3v) is 6.26. The molecule has 0 spiro atoms. The Kier molecular flexibility index (Phi) is 6.20. The Labute approximate surface area is 182 Å². The molecule has 0 bridgehead atoms. The van der Waals surface area contributed by atoms with Crippen LogP contribution in [-0.4, -0.2) is 72.8 Å². The number of nitrogens with zero attached hydrogens (tertiary/aromatic N) is 2. The van der Waals surface area contributed by atoms with Crippen LogP contribution in [0.15, 0.2) is 18.2 Å². The molecule has 11 heteroatoms. The largest absolute Gasteiger partial charge is 0.489 e. The molecule has 3 amide bonds. The fraction of sp³-hybridized carbons (Fsp3) is 0.600. The van der Waals surface area contributed by atoms with Crippen LogP contribution in [0.5, 0.6) is 5.75 Å². The van der Waals surface area contributed by atoms with Gasteiger partial charge in [-0.25, -0.2) is 4.79 Å². The van der Waals surface area contributed by atoms with E-state index in [2.05, 4.69) is 5.32 Å². The normalized spacial score (nSPS) is 25.1. The number of alkyl halides is 3. The maximum atomic E-state index is 13.0. The molecule has 3 heterocycles. The molecule has 4 rings (SSSR count). The number of benzene rings is 1. The summed E-state index contributed by atoms with van der Waals surface area (Å²) >= 11 is 5.90. The number of nitrogens with one attached hydrogen (secondary N) is 1. The summed E-state index contributed by atoms with van der Waals surface area (Å²) in [6, 6.07) is 3.27. The third kappa shape index (κ3) is 4.85. The second-order valence-electron chi connectivity index (χ2n) is 7.96. The van der Waals surface area contributed by atoms with Crippen molar-refractivity contribution in [1.82, 2.24) is 15.1 Å². The first-order valence-corrected chi connectivity index (χ1v) is 10.6. The predicted octanol–water partition coefficient (Wildman–Crippen LogP) is 2.91. The van der Waals surface area contributed by atoms with Gasteiger partial charge in [-0.15, -0.1) is 0 Å². The monoisotopic (exact) mass is 461 g/mol. The van der Waals surface area contributed by atoms with Gasteiger partial charge in [-0.05, 0) is 18.6 Å². The number of carbonyl (C=O) groups excluding carboxylic acids is 2. The minimum absolute atomic E-state index is 0.00335. The van der Waals surface area contributed by atoms with E-state index in [0.717, 1.165) is 6.07 Å². The smallest absolute Gasteiger partial charge is 0.417 e. The lowest BCUT2D eigenvalue weighted by Gasteiger charge is -2.43. The first-order valence-electron chi connectivity index (χ1n) is 10.2. The zero-order valence-electron chi connectivity index (χ0n) is 16.7. The summed E-state index contributed by atoms with van der Waals surface area (Å²) in [5, 5.41) is 2.42. The summed E-state index contributed by atoms with van der Waals surface area (Å²) in [7, 11) is 0. The molecular formula is C20H23ClF3N3O4. The highest BCUT2D eigenvalue weighted by Crippen LogP contribution is 2.40. The maximum absolute atomic E-state index is 13.0. The van der Waals surface area contributed by atoms with Crippen LogP contribution in [0.3, 0.4) is 0 Å². The number of halogens is 4. The van der Waals surface area contributed by atoms with E-state index in [9.17, 15) is 22.8 Å². The van der Waals surface area contributed by atoms with E-state index in [4.69, 9.17) is 21.1 Å². The second-order valence-corrected chi connectivity index (χ2v) is 8.34. The molecule has 1 aromatic carbocycles. The molecule has 3 saturated heterocycles. The molecule has 0 unspecified atom stereocenters. The van der Waals surface area contributed by atoms with Crippen molar-refractivity contribution in [2.75, 3.05) is 32.8 Å². The van der Waals surface area contributed by atoms with E-state index in [0.29, 0.717) is 45.4 Å². The molecular weight excluding hydrogens is 439 g/mol. The molecule has 31 heavy (non-hydrogen) atoms. The van der Waals surface area contributed by atoms with Gasteiger partial charge in [0.1, 0.15) is 18.5 Å². The quantitative estimate of drug-likeness (QED) is 0.735. The first kappa shape index (κ1) is 22.0. The standard InChI is InChI=1S/C20H23ClF3N3O4/c21-18-13(20(22,23)24)2-1-3-16(18)31-12-4-7-26(8-5-12)19(29)27-9-6-15-14(10-27)25-17(28)11-30-15/h1-3,12,14-15H,4-11H2,(H,25,28)/t14-,15+/m1/s1. The van der Waals surface area contributed by atoms with E-state index in [-0.39, 0.29) is 42.5 Å². The number of morpholine rings is 1. The van der Waals surface area contributed by atoms with Gasteiger partial charge in [0.05, 0.1) is 22.7 Å². The molecule has 0 radical (unpaired) electrons. The van der Waals surface area contributed by atoms with Gasteiger partial charge in [0.25, 0.3) is 0 Å². The van der Waals surface area contributed by atoms with Crippen molar-refractivity contribution in [3.63, 3.8) is 0 Å². The van der Waals surface area contributed by atoms with Gasteiger partial charge in [-0.1, -0.05) is 17.7 Å². The highest BCUT2D eigenvalue weighted by Gasteiger charge is 2.38. The number of ether oxygens (including phenoxy) is 2. The number of rotatable bonds is 2. The molecule has 0 aliphatic carbocycles. The number of carbonyl (C=O) groups is 2.